The Kier molecular flexibility index (Phi) is 4.77. The van der Waals surface area contributed by atoms with E-state index in [1.807, 2.05) is 0 Å². The smallest absolute Gasteiger partial charge is 0.0416 e. The third-order valence-electron chi connectivity index (χ3n) is 3.51. The van der Waals surface area contributed by atoms with E-state index in [1.165, 1.54) is 24.9 Å². The molecule has 1 heterocycles. The Morgan fingerprint density at radius 3 is 2.78 bits per heavy atom. The molecule has 2 rings (SSSR count). The van der Waals surface area contributed by atoms with E-state index in [-0.39, 0.29) is 0 Å². The molecular formula is C17H23N. The van der Waals surface area contributed by atoms with Crippen molar-refractivity contribution in [1.29, 1.82) is 0 Å². The first-order valence-electron chi connectivity index (χ1n) is 6.97. The van der Waals surface area contributed by atoms with Crippen LogP contribution in [0.3, 0.4) is 0 Å². The minimum atomic E-state index is 0.528. The first-order valence-corrected chi connectivity index (χ1v) is 6.97. The molecule has 0 N–H and O–H groups in total. The molecule has 1 heteroatoms. The lowest BCUT2D eigenvalue weighted by molar-refractivity contribution is 0.424. The molecule has 1 aliphatic rings. The Hall–Kier alpha value is -1.34. The molecule has 18 heavy (non-hydrogen) atoms. The predicted molar refractivity (Wildman–Crippen MR) is 78.5 cm³/mol. The summed E-state index contributed by atoms with van der Waals surface area (Å²) in [5.74, 6) is 0. The molecule has 0 bridgehead atoms. The fraction of sp³-hybridized carbons (Fsp3) is 0.412. The van der Waals surface area contributed by atoms with Crippen LogP contribution in [-0.2, 0) is 0 Å². The van der Waals surface area contributed by atoms with E-state index in [0.717, 1.165) is 0 Å². The molecule has 0 amide bonds. The topological polar surface area (TPSA) is 3.01 Å². The van der Waals surface area contributed by atoms with Gasteiger partial charge in [0.25, 0.3) is 0 Å². The third-order valence-corrected chi connectivity index (χ3v) is 3.51. The second kappa shape index (κ2) is 6.55. The van der Waals surface area contributed by atoms with Crippen LogP contribution in [0.1, 0.15) is 38.3 Å². The van der Waals surface area contributed by atoms with Gasteiger partial charge in [-0.05, 0) is 18.9 Å². The normalized spacial score (nSPS) is 24.8. The fourth-order valence-electron chi connectivity index (χ4n) is 2.24. The monoisotopic (exact) mass is 241 g/mol. The Bertz CT molecular complexity index is 405. The maximum atomic E-state index is 2.51. The van der Waals surface area contributed by atoms with Gasteiger partial charge in [-0.25, -0.2) is 0 Å². The van der Waals surface area contributed by atoms with Crippen LogP contribution >= 0.6 is 0 Å². The Labute approximate surface area is 111 Å². The highest BCUT2D eigenvalue weighted by Gasteiger charge is 2.35. The number of nitrogens with zero attached hydrogens (tertiary/aromatic N) is 1. The van der Waals surface area contributed by atoms with Gasteiger partial charge in [-0.3, -0.25) is 4.90 Å². The van der Waals surface area contributed by atoms with Gasteiger partial charge in [0.2, 0.25) is 0 Å². The average Bonchev–Trinajstić information content (AvgIpc) is 3.18. The summed E-state index contributed by atoms with van der Waals surface area (Å²) in [5, 5.41) is 0. The zero-order chi connectivity index (χ0) is 12.8. The molecule has 96 valence electrons. The summed E-state index contributed by atoms with van der Waals surface area (Å²) < 4.78 is 0. The van der Waals surface area contributed by atoms with Crippen molar-refractivity contribution in [2.75, 3.05) is 6.54 Å². The summed E-state index contributed by atoms with van der Waals surface area (Å²) in [6, 6.07) is 11.9. The lowest BCUT2D eigenvalue weighted by Gasteiger charge is -2.13. The van der Waals surface area contributed by atoms with Gasteiger partial charge in [0, 0.05) is 18.6 Å². The van der Waals surface area contributed by atoms with Gasteiger partial charge in [-0.2, -0.15) is 0 Å². The lowest BCUT2D eigenvalue weighted by atomic mass is 10.1. The number of hydrogen-bond donors (Lipinski definition) is 0. The molecule has 1 unspecified atom stereocenters. The zero-order valence-electron chi connectivity index (χ0n) is 11.4. The van der Waals surface area contributed by atoms with Gasteiger partial charge in [0.15, 0.2) is 0 Å². The largest absolute Gasteiger partial charge is 0.287 e. The molecule has 1 aromatic carbocycles. The van der Waals surface area contributed by atoms with Crippen molar-refractivity contribution in [2.24, 2.45) is 0 Å². The highest BCUT2D eigenvalue weighted by molar-refractivity contribution is 5.22. The van der Waals surface area contributed by atoms with Crippen LogP contribution in [0.4, 0.5) is 0 Å². The van der Waals surface area contributed by atoms with Crippen LogP contribution in [0.5, 0.6) is 0 Å². The summed E-state index contributed by atoms with van der Waals surface area (Å²) in [5.41, 5.74) is 1.41. The summed E-state index contributed by atoms with van der Waals surface area (Å²) in [4.78, 5) is 2.51. The molecule has 0 saturated carbocycles. The molecule has 0 spiro atoms. The summed E-state index contributed by atoms with van der Waals surface area (Å²) >= 11 is 0. The van der Waals surface area contributed by atoms with Gasteiger partial charge in [0.1, 0.15) is 0 Å². The van der Waals surface area contributed by atoms with Crippen molar-refractivity contribution in [1.82, 2.24) is 4.90 Å². The van der Waals surface area contributed by atoms with Crippen LogP contribution in [0.2, 0.25) is 0 Å². The van der Waals surface area contributed by atoms with Gasteiger partial charge >= 0.3 is 0 Å². The highest BCUT2D eigenvalue weighted by Crippen LogP contribution is 2.32. The number of allylic oxidation sites excluding steroid dienone is 3. The number of unbranched alkanes of at least 4 members (excludes halogenated alkanes) is 1. The Morgan fingerprint density at radius 1 is 1.28 bits per heavy atom. The maximum Gasteiger partial charge on any atom is 0.0416 e. The Morgan fingerprint density at radius 2 is 2.06 bits per heavy atom. The van der Waals surface area contributed by atoms with Gasteiger partial charge < -0.3 is 0 Å². The van der Waals surface area contributed by atoms with Crippen LogP contribution in [-0.4, -0.2) is 17.5 Å². The molecule has 0 aromatic heterocycles. The van der Waals surface area contributed by atoms with E-state index in [4.69, 9.17) is 0 Å². The van der Waals surface area contributed by atoms with Crippen molar-refractivity contribution >= 4 is 0 Å². The second-order valence-corrected chi connectivity index (χ2v) is 4.95. The second-order valence-electron chi connectivity index (χ2n) is 4.95. The summed E-state index contributed by atoms with van der Waals surface area (Å²) in [6.07, 6.45) is 11.3. The molecule has 1 aromatic rings. The van der Waals surface area contributed by atoms with Crippen molar-refractivity contribution in [3.05, 3.63) is 60.2 Å². The summed E-state index contributed by atoms with van der Waals surface area (Å²) in [6.45, 7) is 5.68. The highest BCUT2D eigenvalue weighted by atomic mass is 15.3. The number of hydrogen-bond acceptors (Lipinski definition) is 1. The molecule has 1 fully saturated rings. The Balaban J connectivity index is 1.81. The average molecular weight is 241 g/mol. The molecule has 1 aliphatic heterocycles. The lowest BCUT2D eigenvalue weighted by Crippen LogP contribution is -2.07. The van der Waals surface area contributed by atoms with Gasteiger partial charge in [-0.1, -0.05) is 68.0 Å². The maximum absolute atomic E-state index is 2.51. The SMILES string of the molecule is CCC/C=C/C=C/[C@H]1CN1[C@H](C)c1ccccc1. The molecule has 3 atom stereocenters. The first kappa shape index (κ1) is 13.1. The minimum Gasteiger partial charge on any atom is -0.287 e. The first-order chi connectivity index (χ1) is 8.83. The van der Waals surface area contributed by atoms with Crippen molar-refractivity contribution in [3.8, 4) is 0 Å². The van der Waals surface area contributed by atoms with Gasteiger partial charge in [0.05, 0.1) is 0 Å². The van der Waals surface area contributed by atoms with Crippen LogP contribution in [0, 0.1) is 0 Å². The number of benzene rings is 1. The van der Waals surface area contributed by atoms with Crippen molar-refractivity contribution in [3.63, 3.8) is 0 Å². The standard InChI is InChI=1S/C17H23N/c1-3-4-5-6-10-13-17-14-18(17)15(2)16-11-8-7-9-12-16/h5-13,15,17H,3-4,14H2,1-2H3/b6-5+,13-10+/t15-,17+,18?/m1/s1. The van der Waals surface area contributed by atoms with Crippen LogP contribution in [0.15, 0.2) is 54.6 Å². The third kappa shape index (κ3) is 3.58. The van der Waals surface area contributed by atoms with Crippen molar-refractivity contribution < 1.29 is 0 Å². The molecule has 0 radical (unpaired) electrons. The van der Waals surface area contributed by atoms with Crippen molar-refractivity contribution in [2.45, 2.75) is 38.8 Å². The fourth-order valence-corrected chi connectivity index (χ4v) is 2.24. The van der Waals surface area contributed by atoms with E-state index in [2.05, 4.69) is 73.4 Å². The van der Waals surface area contributed by atoms with E-state index in [9.17, 15) is 0 Å². The predicted octanol–water partition coefficient (Wildman–Crippen LogP) is 4.34. The van der Waals surface area contributed by atoms with Gasteiger partial charge in [-0.15, -0.1) is 0 Å². The minimum absolute atomic E-state index is 0.528. The molecular weight excluding hydrogens is 218 g/mol. The van der Waals surface area contributed by atoms with E-state index in [1.54, 1.807) is 0 Å². The quantitative estimate of drug-likeness (QED) is 0.529. The molecule has 0 aliphatic carbocycles. The zero-order valence-corrected chi connectivity index (χ0v) is 11.4. The summed E-state index contributed by atoms with van der Waals surface area (Å²) in [7, 11) is 0. The van der Waals surface area contributed by atoms with Crippen LogP contribution < -0.4 is 0 Å². The van der Waals surface area contributed by atoms with E-state index in [0.29, 0.717) is 12.1 Å². The number of rotatable bonds is 6. The molecule has 1 saturated heterocycles. The van der Waals surface area contributed by atoms with E-state index >= 15 is 0 Å². The molecule has 1 nitrogen and oxygen atoms in total. The van der Waals surface area contributed by atoms with E-state index < -0.39 is 0 Å². The van der Waals surface area contributed by atoms with Crippen LogP contribution in [0.25, 0.3) is 0 Å².